The highest BCUT2D eigenvalue weighted by molar-refractivity contribution is 7.89. The minimum Gasteiger partial charge on any atom is -0.315 e. The fraction of sp³-hybridized carbons (Fsp3) is 0.417. The van der Waals surface area contributed by atoms with Gasteiger partial charge in [0.05, 0.1) is 0 Å². The van der Waals surface area contributed by atoms with Gasteiger partial charge < -0.3 is 5.32 Å². The highest BCUT2D eigenvalue weighted by Crippen LogP contribution is 2.18. The van der Waals surface area contributed by atoms with Crippen molar-refractivity contribution < 1.29 is 12.8 Å². The number of nitrogens with zero attached hydrogens (tertiary/aromatic N) is 1. The number of nitrogens with one attached hydrogen (secondary N) is 2. The Balaban J connectivity index is 2.29. The number of rotatable bonds is 3. The highest BCUT2D eigenvalue weighted by atomic mass is 32.2. The van der Waals surface area contributed by atoms with E-state index in [9.17, 15) is 12.8 Å². The third-order valence-corrected chi connectivity index (χ3v) is 4.56. The van der Waals surface area contributed by atoms with Gasteiger partial charge in [0.2, 0.25) is 10.0 Å². The van der Waals surface area contributed by atoms with Crippen LogP contribution in [0.4, 0.5) is 4.39 Å². The molecule has 0 aliphatic carbocycles. The quantitative estimate of drug-likeness (QED) is 0.856. The number of sulfonamides is 1. The van der Waals surface area contributed by atoms with E-state index in [4.69, 9.17) is 5.26 Å². The predicted molar refractivity (Wildman–Crippen MR) is 67.3 cm³/mol. The van der Waals surface area contributed by atoms with Gasteiger partial charge in [0, 0.05) is 12.6 Å². The van der Waals surface area contributed by atoms with Crippen LogP contribution < -0.4 is 10.0 Å². The second kappa shape index (κ2) is 5.65. The van der Waals surface area contributed by atoms with E-state index in [0.29, 0.717) is 6.54 Å². The maximum atomic E-state index is 13.4. The number of piperidine rings is 1. The summed E-state index contributed by atoms with van der Waals surface area (Å²) in [4.78, 5) is -0.305. The van der Waals surface area contributed by atoms with Gasteiger partial charge in [-0.05, 0) is 31.5 Å². The average Bonchev–Trinajstić information content (AvgIpc) is 2.39. The molecule has 0 amide bonds. The summed E-state index contributed by atoms with van der Waals surface area (Å²) in [6.07, 6.45) is 1.60. The summed E-state index contributed by atoms with van der Waals surface area (Å²) in [6, 6.07) is 4.96. The molecular formula is C12H14FN3O2S. The molecule has 1 aromatic rings. The molecule has 0 radical (unpaired) electrons. The lowest BCUT2D eigenvalue weighted by molar-refractivity contribution is 0.428. The van der Waals surface area contributed by atoms with Crippen LogP contribution in [-0.4, -0.2) is 27.5 Å². The second-order valence-electron chi connectivity index (χ2n) is 4.39. The third-order valence-electron chi connectivity index (χ3n) is 3.00. The van der Waals surface area contributed by atoms with Gasteiger partial charge in [-0.3, -0.25) is 0 Å². The average molecular weight is 283 g/mol. The Bertz CT molecular complexity index is 604. The van der Waals surface area contributed by atoms with Crippen LogP contribution in [0.5, 0.6) is 0 Å². The number of benzene rings is 1. The third kappa shape index (κ3) is 3.10. The van der Waals surface area contributed by atoms with Crippen molar-refractivity contribution in [3.8, 4) is 6.07 Å². The molecule has 0 saturated carbocycles. The summed E-state index contributed by atoms with van der Waals surface area (Å²) in [6.45, 7) is 1.40. The molecule has 2 rings (SSSR count). The zero-order chi connectivity index (χ0) is 13.9. The molecule has 19 heavy (non-hydrogen) atoms. The zero-order valence-corrected chi connectivity index (χ0v) is 11.0. The van der Waals surface area contributed by atoms with Crippen LogP contribution in [0.1, 0.15) is 18.4 Å². The number of hydrogen-bond acceptors (Lipinski definition) is 4. The van der Waals surface area contributed by atoms with E-state index in [1.807, 2.05) is 0 Å². The smallest absolute Gasteiger partial charge is 0.242 e. The van der Waals surface area contributed by atoms with E-state index < -0.39 is 21.4 Å². The number of halogens is 1. The summed E-state index contributed by atoms with van der Waals surface area (Å²) >= 11 is 0. The fourth-order valence-corrected chi connectivity index (χ4v) is 3.51. The second-order valence-corrected chi connectivity index (χ2v) is 6.07. The first-order valence-electron chi connectivity index (χ1n) is 5.96. The Kier molecular flexibility index (Phi) is 4.14. The van der Waals surface area contributed by atoms with E-state index >= 15 is 0 Å². The molecule has 1 aromatic carbocycles. The Morgan fingerprint density at radius 3 is 2.89 bits per heavy atom. The van der Waals surface area contributed by atoms with Gasteiger partial charge in [-0.15, -0.1) is 0 Å². The van der Waals surface area contributed by atoms with E-state index in [1.165, 1.54) is 12.1 Å². The molecule has 1 fully saturated rings. The van der Waals surface area contributed by atoms with Gasteiger partial charge in [0.15, 0.2) is 0 Å². The molecular weight excluding hydrogens is 269 g/mol. The van der Waals surface area contributed by atoms with Crippen molar-refractivity contribution in [1.82, 2.24) is 10.0 Å². The van der Waals surface area contributed by atoms with Crippen LogP contribution in [0.2, 0.25) is 0 Å². The molecule has 102 valence electrons. The molecule has 1 aliphatic heterocycles. The van der Waals surface area contributed by atoms with Gasteiger partial charge in [0.25, 0.3) is 0 Å². The topological polar surface area (TPSA) is 82.0 Å². The Morgan fingerprint density at radius 1 is 1.47 bits per heavy atom. The summed E-state index contributed by atoms with van der Waals surface area (Å²) in [5.74, 6) is -0.827. The Morgan fingerprint density at radius 2 is 2.26 bits per heavy atom. The van der Waals surface area contributed by atoms with Crippen LogP contribution in [0.3, 0.4) is 0 Å². The van der Waals surface area contributed by atoms with Gasteiger partial charge in [-0.2, -0.15) is 5.26 Å². The molecule has 5 nitrogen and oxygen atoms in total. The minimum absolute atomic E-state index is 0.228. The number of nitriles is 1. The molecule has 1 saturated heterocycles. The standard InChI is InChI=1S/C12H14FN3O2S/c13-11-4-1-5-12(10(11)7-14)19(17,18)16-9-3-2-6-15-8-9/h1,4-5,9,15-16H,2-3,6,8H2/t9-/m1/s1. The SMILES string of the molecule is N#Cc1c(F)cccc1S(=O)(=O)N[C@@H]1CCCNC1. The lowest BCUT2D eigenvalue weighted by Gasteiger charge is -2.23. The Labute approximate surface area is 111 Å². The summed E-state index contributed by atoms with van der Waals surface area (Å²) in [7, 11) is -3.88. The molecule has 1 aliphatic rings. The molecule has 0 bridgehead atoms. The first kappa shape index (κ1) is 13.9. The normalized spacial score (nSPS) is 19.9. The maximum Gasteiger partial charge on any atom is 0.242 e. The largest absolute Gasteiger partial charge is 0.315 e. The van der Waals surface area contributed by atoms with Crippen LogP contribution in [0.25, 0.3) is 0 Å². The van der Waals surface area contributed by atoms with Gasteiger partial charge in [-0.1, -0.05) is 6.07 Å². The zero-order valence-electron chi connectivity index (χ0n) is 10.2. The monoisotopic (exact) mass is 283 g/mol. The van der Waals surface area contributed by atoms with Crippen LogP contribution in [0, 0.1) is 17.1 Å². The molecule has 7 heteroatoms. The fourth-order valence-electron chi connectivity index (χ4n) is 2.07. The van der Waals surface area contributed by atoms with E-state index in [2.05, 4.69) is 10.0 Å². The Hall–Kier alpha value is -1.49. The van der Waals surface area contributed by atoms with E-state index in [0.717, 1.165) is 25.5 Å². The lowest BCUT2D eigenvalue weighted by Crippen LogP contribution is -2.45. The summed E-state index contributed by atoms with van der Waals surface area (Å²) in [5.41, 5.74) is -0.446. The predicted octanol–water partition coefficient (Wildman–Crippen LogP) is 0.728. The van der Waals surface area contributed by atoms with Gasteiger partial charge in [-0.25, -0.2) is 17.5 Å². The molecule has 1 atom stereocenters. The van der Waals surface area contributed by atoms with E-state index in [-0.39, 0.29) is 10.9 Å². The minimum atomic E-state index is -3.88. The van der Waals surface area contributed by atoms with E-state index in [1.54, 1.807) is 6.07 Å². The summed E-state index contributed by atoms with van der Waals surface area (Å²) in [5, 5.41) is 12.0. The van der Waals surface area contributed by atoms with Crippen molar-refractivity contribution in [2.75, 3.05) is 13.1 Å². The van der Waals surface area contributed by atoms with Crippen molar-refractivity contribution in [3.05, 3.63) is 29.6 Å². The van der Waals surface area contributed by atoms with Crippen molar-refractivity contribution >= 4 is 10.0 Å². The van der Waals surface area contributed by atoms with Crippen molar-refractivity contribution in [1.29, 1.82) is 5.26 Å². The van der Waals surface area contributed by atoms with Gasteiger partial charge in [0.1, 0.15) is 22.3 Å². The lowest BCUT2D eigenvalue weighted by atomic mass is 10.1. The van der Waals surface area contributed by atoms with Crippen LogP contribution in [-0.2, 0) is 10.0 Å². The van der Waals surface area contributed by atoms with Gasteiger partial charge >= 0.3 is 0 Å². The molecule has 0 unspecified atom stereocenters. The molecule has 0 aromatic heterocycles. The van der Waals surface area contributed by atoms with Crippen LogP contribution in [0.15, 0.2) is 23.1 Å². The molecule has 2 N–H and O–H groups in total. The van der Waals surface area contributed by atoms with Crippen molar-refractivity contribution in [3.63, 3.8) is 0 Å². The molecule has 1 heterocycles. The maximum absolute atomic E-state index is 13.4. The summed E-state index contributed by atoms with van der Waals surface area (Å²) < 4.78 is 40.3. The first-order chi connectivity index (χ1) is 9.04. The number of hydrogen-bond donors (Lipinski definition) is 2. The highest BCUT2D eigenvalue weighted by Gasteiger charge is 2.25. The van der Waals surface area contributed by atoms with Crippen molar-refractivity contribution in [2.24, 2.45) is 0 Å². The first-order valence-corrected chi connectivity index (χ1v) is 7.44. The van der Waals surface area contributed by atoms with Crippen molar-refractivity contribution in [2.45, 2.75) is 23.8 Å². The van der Waals surface area contributed by atoms with Crippen LogP contribution >= 0.6 is 0 Å². The molecule has 0 spiro atoms.